The van der Waals surface area contributed by atoms with Crippen molar-refractivity contribution in [3.05, 3.63) is 29.6 Å². The molecular formula is C14H16F4N2O2. The molecule has 22 heavy (non-hydrogen) atoms. The maximum absolute atomic E-state index is 13.8. The number of carbonyl (C=O) groups excluding carboxylic acids is 1. The summed E-state index contributed by atoms with van der Waals surface area (Å²) in [6.45, 7) is 0.327. The summed E-state index contributed by atoms with van der Waals surface area (Å²) in [6.07, 6.45) is -3.95. The maximum atomic E-state index is 13.8. The number of alkyl halides is 3. The van der Waals surface area contributed by atoms with Crippen LogP contribution in [0.2, 0.25) is 0 Å². The van der Waals surface area contributed by atoms with Crippen LogP contribution < -0.4 is 10.1 Å². The standard InChI is InChI=1S/C14H16F4N2O2/c1-20-8-9(5-6-13(20)21)19-7-10-11(15)3-2-4-12(10)22-14(16,17)18/h2-4,9,19H,5-8H2,1H3/t9-/m0/s1. The highest BCUT2D eigenvalue weighted by molar-refractivity contribution is 5.76. The third-order valence-electron chi connectivity index (χ3n) is 3.50. The van der Waals surface area contributed by atoms with E-state index >= 15 is 0 Å². The van der Waals surface area contributed by atoms with Crippen LogP contribution in [-0.4, -0.2) is 36.8 Å². The van der Waals surface area contributed by atoms with Crippen LogP contribution in [0, 0.1) is 5.82 Å². The number of hydrogen-bond acceptors (Lipinski definition) is 3. The molecule has 1 aliphatic heterocycles. The Labute approximate surface area is 125 Å². The first-order chi connectivity index (χ1) is 10.3. The van der Waals surface area contributed by atoms with Crippen molar-refractivity contribution in [2.45, 2.75) is 31.8 Å². The summed E-state index contributed by atoms with van der Waals surface area (Å²) in [5.41, 5.74) is -0.181. The van der Waals surface area contributed by atoms with Gasteiger partial charge in [0.25, 0.3) is 0 Å². The highest BCUT2D eigenvalue weighted by Crippen LogP contribution is 2.28. The largest absolute Gasteiger partial charge is 0.573 e. The zero-order valence-corrected chi connectivity index (χ0v) is 11.9. The van der Waals surface area contributed by atoms with Crippen molar-refractivity contribution in [2.75, 3.05) is 13.6 Å². The van der Waals surface area contributed by atoms with E-state index in [1.54, 1.807) is 7.05 Å². The Morgan fingerprint density at radius 1 is 1.41 bits per heavy atom. The van der Waals surface area contributed by atoms with E-state index in [4.69, 9.17) is 0 Å². The van der Waals surface area contributed by atoms with Crippen molar-refractivity contribution in [2.24, 2.45) is 0 Å². The van der Waals surface area contributed by atoms with Crippen LogP contribution in [-0.2, 0) is 11.3 Å². The number of nitrogens with zero attached hydrogens (tertiary/aromatic N) is 1. The lowest BCUT2D eigenvalue weighted by molar-refractivity contribution is -0.275. The van der Waals surface area contributed by atoms with Crippen molar-refractivity contribution in [1.29, 1.82) is 0 Å². The number of amides is 1. The van der Waals surface area contributed by atoms with Gasteiger partial charge in [0.2, 0.25) is 5.91 Å². The monoisotopic (exact) mass is 320 g/mol. The molecule has 1 amide bonds. The summed E-state index contributed by atoms with van der Waals surface area (Å²) in [5.74, 6) is -1.31. The van der Waals surface area contributed by atoms with Gasteiger partial charge in [-0.15, -0.1) is 13.2 Å². The highest BCUT2D eigenvalue weighted by Gasteiger charge is 2.32. The predicted octanol–water partition coefficient (Wildman–Crippen LogP) is 2.43. The first-order valence-electron chi connectivity index (χ1n) is 6.77. The molecule has 0 aliphatic carbocycles. The van der Waals surface area contributed by atoms with E-state index in [1.165, 1.54) is 4.90 Å². The van der Waals surface area contributed by atoms with E-state index in [0.717, 1.165) is 18.2 Å². The molecule has 1 N–H and O–H groups in total. The van der Waals surface area contributed by atoms with E-state index in [1.807, 2.05) is 0 Å². The normalized spacial score (nSPS) is 19.4. The summed E-state index contributed by atoms with van der Waals surface area (Å²) in [5, 5.41) is 2.97. The molecule has 122 valence electrons. The molecule has 0 saturated carbocycles. The molecule has 4 nitrogen and oxygen atoms in total. The third-order valence-corrected chi connectivity index (χ3v) is 3.50. The first kappa shape index (κ1) is 16.5. The minimum absolute atomic E-state index is 0.0186. The number of ether oxygens (including phenoxy) is 1. The number of hydrogen-bond donors (Lipinski definition) is 1. The molecule has 8 heteroatoms. The summed E-state index contributed by atoms with van der Waals surface area (Å²) in [4.78, 5) is 12.9. The van der Waals surface area contributed by atoms with Crippen LogP contribution in [0.3, 0.4) is 0 Å². The van der Waals surface area contributed by atoms with Gasteiger partial charge in [0, 0.05) is 38.2 Å². The van der Waals surface area contributed by atoms with Gasteiger partial charge in [-0.3, -0.25) is 4.79 Å². The topological polar surface area (TPSA) is 41.6 Å². The van der Waals surface area contributed by atoms with Crippen molar-refractivity contribution in [3.63, 3.8) is 0 Å². The highest BCUT2D eigenvalue weighted by atomic mass is 19.4. The average molecular weight is 320 g/mol. The lowest BCUT2D eigenvalue weighted by Crippen LogP contribution is -2.46. The van der Waals surface area contributed by atoms with Crippen LogP contribution in [0.25, 0.3) is 0 Å². The van der Waals surface area contributed by atoms with Crippen molar-refractivity contribution < 1.29 is 27.1 Å². The second kappa shape index (κ2) is 6.51. The lowest BCUT2D eigenvalue weighted by Gasteiger charge is -2.30. The summed E-state index contributed by atoms with van der Waals surface area (Å²) >= 11 is 0. The molecule has 0 bridgehead atoms. The Bertz CT molecular complexity index is 548. The van der Waals surface area contributed by atoms with Crippen LogP contribution in [0.15, 0.2) is 18.2 Å². The molecule has 1 fully saturated rings. The second-order valence-corrected chi connectivity index (χ2v) is 5.16. The molecule has 1 aromatic rings. The quantitative estimate of drug-likeness (QED) is 0.867. The Kier molecular flexibility index (Phi) is 4.90. The summed E-state index contributed by atoms with van der Waals surface area (Å²) in [7, 11) is 1.65. The van der Waals surface area contributed by atoms with Crippen molar-refractivity contribution in [3.8, 4) is 5.75 Å². The number of nitrogens with one attached hydrogen (secondary N) is 1. The lowest BCUT2D eigenvalue weighted by atomic mass is 10.0. The van der Waals surface area contributed by atoms with Gasteiger partial charge < -0.3 is 15.0 Å². The van der Waals surface area contributed by atoms with Crippen LogP contribution in [0.4, 0.5) is 17.6 Å². The van der Waals surface area contributed by atoms with Crippen LogP contribution in [0.1, 0.15) is 18.4 Å². The fourth-order valence-corrected chi connectivity index (χ4v) is 2.36. The van der Waals surface area contributed by atoms with Gasteiger partial charge in [-0.25, -0.2) is 4.39 Å². The van der Waals surface area contributed by atoms with Crippen molar-refractivity contribution >= 4 is 5.91 Å². The number of likely N-dealkylation sites (tertiary alicyclic amines) is 1. The fraction of sp³-hybridized carbons (Fsp3) is 0.500. The molecule has 1 heterocycles. The second-order valence-electron chi connectivity index (χ2n) is 5.16. The molecule has 1 saturated heterocycles. The van der Waals surface area contributed by atoms with Gasteiger partial charge in [0.1, 0.15) is 11.6 Å². The summed E-state index contributed by atoms with van der Waals surface area (Å²) < 4.78 is 54.6. The molecule has 0 aromatic heterocycles. The number of rotatable bonds is 4. The summed E-state index contributed by atoms with van der Waals surface area (Å²) in [6, 6.07) is 3.22. The molecule has 0 spiro atoms. The minimum Gasteiger partial charge on any atom is -0.405 e. The Morgan fingerprint density at radius 3 is 2.77 bits per heavy atom. The SMILES string of the molecule is CN1C[C@@H](NCc2c(F)cccc2OC(F)(F)F)CCC1=O. The van der Waals surface area contributed by atoms with Gasteiger partial charge >= 0.3 is 6.36 Å². The fourth-order valence-electron chi connectivity index (χ4n) is 2.36. The molecular weight excluding hydrogens is 304 g/mol. The number of benzene rings is 1. The number of halogens is 4. The van der Waals surface area contributed by atoms with E-state index in [-0.39, 0.29) is 24.1 Å². The Balaban J connectivity index is 2.04. The molecule has 0 unspecified atom stereocenters. The average Bonchev–Trinajstić information content (AvgIpc) is 2.40. The number of likely N-dealkylation sites (N-methyl/N-ethyl adjacent to an activating group) is 1. The van der Waals surface area contributed by atoms with Gasteiger partial charge in [-0.05, 0) is 18.6 Å². The van der Waals surface area contributed by atoms with E-state index in [9.17, 15) is 22.4 Å². The zero-order chi connectivity index (χ0) is 16.3. The smallest absolute Gasteiger partial charge is 0.405 e. The molecule has 0 radical (unpaired) electrons. The molecule has 2 rings (SSSR count). The minimum atomic E-state index is -4.87. The third kappa shape index (κ3) is 4.33. The molecule has 1 aliphatic rings. The molecule has 1 atom stereocenters. The Hall–Kier alpha value is -1.83. The first-order valence-corrected chi connectivity index (χ1v) is 6.77. The number of piperidine rings is 1. The Morgan fingerprint density at radius 2 is 2.14 bits per heavy atom. The number of carbonyl (C=O) groups is 1. The van der Waals surface area contributed by atoms with Crippen LogP contribution >= 0.6 is 0 Å². The van der Waals surface area contributed by atoms with Gasteiger partial charge in [0.05, 0.1) is 0 Å². The van der Waals surface area contributed by atoms with Gasteiger partial charge in [-0.2, -0.15) is 0 Å². The van der Waals surface area contributed by atoms with Gasteiger partial charge in [-0.1, -0.05) is 6.07 Å². The molecule has 1 aromatic carbocycles. The van der Waals surface area contributed by atoms with E-state index in [2.05, 4.69) is 10.1 Å². The van der Waals surface area contributed by atoms with Crippen LogP contribution in [0.5, 0.6) is 5.75 Å². The van der Waals surface area contributed by atoms with Crippen molar-refractivity contribution in [1.82, 2.24) is 10.2 Å². The predicted molar refractivity (Wildman–Crippen MR) is 70.6 cm³/mol. The zero-order valence-electron chi connectivity index (χ0n) is 11.9. The van der Waals surface area contributed by atoms with Gasteiger partial charge in [0.15, 0.2) is 0 Å². The van der Waals surface area contributed by atoms with E-state index < -0.39 is 17.9 Å². The van der Waals surface area contributed by atoms with E-state index in [0.29, 0.717) is 19.4 Å². The maximum Gasteiger partial charge on any atom is 0.573 e.